The number of carbonyl (C=O) groups excluding carboxylic acids is 2. The SMILES string of the molecule is NC(=O)c1c(F)ccc(OC(COC(=O)NCc2ccc[n+]([O-])c2)c2nc(-c3ccc(C(F)(F)F)cc3)c(Br)o2)c1F. The van der Waals surface area contributed by atoms with Crippen LogP contribution in [0.25, 0.3) is 11.3 Å². The molecule has 2 amide bonds. The van der Waals surface area contributed by atoms with Gasteiger partial charge in [-0.1, -0.05) is 12.1 Å². The third-order valence-electron chi connectivity index (χ3n) is 5.57. The molecule has 2 heterocycles. The van der Waals surface area contributed by atoms with Crippen LogP contribution in [0.4, 0.5) is 26.7 Å². The third kappa shape index (κ3) is 7.12. The van der Waals surface area contributed by atoms with E-state index in [1.807, 2.05) is 0 Å². The molecule has 220 valence electrons. The van der Waals surface area contributed by atoms with Crippen LogP contribution in [0.15, 0.2) is 70.0 Å². The van der Waals surface area contributed by atoms with Gasteiger partial charge in [0.2, 0.25) is 12.0 Å². The Morgan fingerprint density at radius 3 is 2.50 bits per heavy atom. The number of nitrogens with two attached hydrogens (primary N) is 1. The molecule has 0 aliphatic carbocycles. The van der Waals surface area contributed by atoms with Gasteiger partial charge in [0.15, 0.2) is 28.6 Å². The molecule has 0 spiro atoms. The number of alkyl carbamates (subject to hydrolysis) is 1. The van der Waals surface area contributed by atoms with Gasteiger partial charge in [-0.25, -0.2) is 18.6 Å². The van der Waals surface area contributed by atoms with Gasteiger partial charge in [-0.05, 0) is 46.3 Å². The first kappa shape index (κ1) is 30.2. The minimum atomic E-state index is -4.57. The van der Waals surface area contributed by atoms with Gasteiger partial charge in [0.05, 0.1) is 12.1 Å². The van der Waals surface area contributed by atoms with Crippen LogP contribution in [0, 0.1) is 16.8 Å². The van der Waals surface area contributed by atoms with E-state index in [2.05, 4.69) is 26.2 Å². The average molecular weight is 657 g/mol. The summed E-state index contributed by atoms with van der Waals surface area (Å²) in [6.45, 7) is -0.769. The zero-order chi connectivity index (χ0) is 30.6. The van der Waals surface area contributed by atoms with Crippen molar-refractivity contribution in [1.29, 1.82) is 0 Å². The predicted molar refractivity (Wildman–Crippen MR) is 136 cm³/mol. The van der Waals surface area contributed by atoms with E-state index in [1.165, 1.54) is 18.5 Å². The summed E-state index contributed by atoms with van der Waals surface area (Å²) in [6, 6.07) is 8.56. The van der Waals surface area contributed by atoms with Gasteiger partial charge in [0.1, 0.15) is 23.7 Å². The highest BCUT2D eigenvalue weighted by Gasteiger charge is 2.31. The average Bonchev–Trinajstić information content (AvgIpc) is 3.31. The number of oxazole rings is 1. The summed E-state index contributed by atoms with van der Waals surface area (Å²) in [6.07, 6.45) is -4.61. The van der Waals surface area contributed by atoms with Crippen LogP contribution in [0.3, 0.4) is 0 Å². The Kier molecular flexibility index (Phi) is 8.94. The summed E-state index contributed by atoms with van der Waals surface area (Å²) >= 11 is 3.12. The van der Waals surface area contributed by atoms with Gasteiger partial charge in [-0.15, -0.1) is 0 Å². The molecule has 10 nitrogen and oxygen atoms in total. The molecule has 1 unspecified atom stereocenters. The first-order valence-corrected chi connectivity index (χ1v) is 12.5. The van der Waals surface area contributed by atoms with Gasteiger partial charge >= 0.3 is 12.3 Å². The number of carbonyl (C=O) groups is 2. The van der Waals surface area contributed by atoms with Crippen molar-refractivity contribution in [3.63, 3.8) is 0 Å². The van der Waals surface area contributed by atoms with E-state index >= 15 is 0 Å². The normalized spacial score (nSPS) is 12.0. The Balaban J connectivity index is 1.60. The molecule has 0 fully saturated rings. The van der Waals surface area contributed by atoms with Crippen LogP contribution in [0.1, 0.15) is 33.5 Å². The Bertz CT molecular complexity index is 1610. The lowest BCUT2D eigenvalue weighted by atomic mass is 10.1. The number of amides is 2. The van der Waals surface area contributed by atoms with Crippen LogP contribution in [0.2, 0.25) is 0 Å². The fourth-order valence-corrected chi connectivity index (χ4v) is 4.07. The van der Waals surface area contributed by atoms with Crippen LogP contribution >= 0.6 is 15.9 Å². The van der Waals surface area contributed by atoms with E-state index in [9.17, 15) is 36.7 Å². The summed E-state index contributed by atoms with van der Waals surface area (Å²) in [4.78, 5) is 28.1. The predicted octanol–water partition coefficient (Wildman–Crippen LogP) is 5.18. The number of rotatable bonds is 9. The number of benzene rings is 2. The lowest BCUT2D eigenvalue weighted by Crippen LogP contribution is -2.29. The summed E-state index contributed by atoms with van der Waals surface area (Å²) in [5, 5.41) is 13.8. The van der Waals surface area contributed by atoms with Gasteiger partial charge in [0, 0.05) is 17.2 Å². The number of alkyl halides is 3. The van der Waals surface area contributed by atoms with Gasteiger partial charge in [0.25, 0.3) is 5.91 Å². The Morgan fingerprint density at radius 1 is 1.14 bits per heavy atom. The van der Waals surface area contributed by atoms with E-state index < -0.39 is 59.4 Å². The first-order chi connectivity index (χ1) is 19.8. The molecule has 1 atom stereocenters. The molecule has 0 saturated carbocycles. The quantitative estimate of drug-likeness (QED) is 0.144. The van der Waals surface area contributed by atoms with Gasteiger partial charge < -0.3 is 30.1 Å². The molecule has 4 aromatic rings. The van der Waals surface area contributed by atoms with E-state index in [-0.39, 0.29) is 28.4 Å². The molecule has 0 aliphatic heterocycles. The fourth-order valence-electron chi connectivity index (χ4n) is 3.59. The Morgan fingerprint density at radius 2 is 1.86 bits per heavy atom. The fraction of sp³-hybridized carbons (Fsp3) is 0.154. The Hall–Kier alpha value is -4.73. The second kappa shape index (κ2) is 12.4. The van der Waals surface area contributed by atoms with Crippen molar-refractivity contribution >= 4 is 27.9 Å². The molecule has 0 saturated heterocycles. The first-order valence-electron chi connectivity index (χ1n) is 11.7. The highest BCUT2D eigenvalue weighted by atomic mass is 79.9. The largest absolute Gasteiger partial charge is 0.619 e. The standard InChI is InChI=1S/C26H18BrF5N4O6/c27-22-21(14-3-5-15(6-4-14)26(30,31)32)35-24(42-22)18(41-17-8-7-16(28)19(20(17)29)23(33)37)12-40-25(38)34-10-13-2-1-9-36(39)11-13/h1-9,11,18H,10,12H2,(H2,33,37)(H,34,38). The molecule has 4 rings (SSSR count). The van der Waals surface area contributed by atoms with Crippen molar-refractivity contribution in [2.45, 2.75) is 18.8 Å². The lowest BCUT2D eigenvalue weighted by Gasteiger charge is -2.18. The second-order valence-corrected chi connectivity index (χ2v) is 9.20. The smallest absolute Gasteiger partial charge is 0.416 e. The zero-order valence-electron chi connectivity index (χ0n) is 21.0. The van der Waals surface area contributed by atoms with Gasteiger partial charge in [-0.2, -0.15) is 17.9 Å². The maximum absolute atomic E-state index is 14.9. The number of hydrogen-bond donors (Lipinski definition) is 2. The lowest BCUT2D eigenvalue weighted by molar-refractivity contribution is -0.605. The summed E-state index contributed by atoms with van der Waals surface area (Å²) < 4.78 is 84.5. The van der Waals surface area contributed by atoms with E-state index in [1.54, 1.807) is 6.07 Å². The van der Waals surface area contributed by atoms with Crippen molar-refractivity contribution in [3.8, 4) is 17.0 Å². The van der Waals surface area contributed by atoms with Crippen LogP contribution in [-0.2, 0) is 17.5 Å². The van der Waals surface area contributed by atoms with E-state index in [4.69, 9.17) is 19.6 Å². The number of nitrogens with zero attached hydrogens (tertiary/aromatic N) is 2. The highest BCUT2D eigenvalue weighted by molar-refractivity contribution is 9.10. The number of ether oxygens (including phenoxy) is 2. The molecule has 0 radical (unpaired) electrons. The van der Waals surface area contributed by atoms with Crippen LogP contribution in [-0.4, -0.2) is 23.6 Å². The molecule has 3 N–H and O–H groups in total. The topological polar surface area (TPSA) is 144 Å². The molecule has 42 heavy (non-hydrogen) atoms. The minimum Gasteiger partial charge on any atom is -0.619 e. The van der Waals surface area contributed by atoms with Crippen molar-refractivity contribution < 1.29 is 50.2 Å². The van der Waals surface area contributed by atoms with E-state index in [0.29, 0.717) is 10.3 Å². The number of halogens is 6. The molecule has 16 heteroatoms. The maximum atomic E-state index is 14.9. The van der Waals surface area contributed by atoms with Crippen LogP contribution < -0.4 is 20.5 Å². The number of nitrogens with one attached hydrogen (secondary N) is 1. The van der Waals surface area contributed by atoms with E-state index in [0.717, 1.165) is 36.4 Å². The number of primary amides is 1. The molecule has 0 aliphatic rings. The third-order valence-corrected chi connectivity index (χ3v) is 6.11. The van der Waals surface area contributed by atoms with Crippen molar-refractivity contribution in [1.82, 2.24) is 10.3 Å². The highest BCUT2D eigenvalue weighted by Crippen LogP contribution is 2.36. The van der Waals surface area contributed by atoms with Crippen molar-refractivity contribution in [2.75, 3.05) is 6.61 Å². The monoisotopic (exact) mass is 656 g/mol. The number of aromatic nitrogens is 2. The molecular weight excluding hydrogens is 639 g/mol. The molecule has 0 bridgehead atoms. The van der Waals surface area contributed by atoms with Crippen molar-refractivity contribution in [2.24, 2.45) is 5.73 Å². The maximum Gasteiger partial charge on any atom is 0.416 e. The summed E-state index contributed by atoms with van der Waals surface area (Å²) in [5.74, 6) is -5.10. The molecular formula is C26H18BrF5N4O6. The van der Waals surface area contributed by atoms with Crippen molar-refractivity contribution in [3.05, 3.63) is 105 Å². The van der Waals surface area contributed by atoms with Crippen LogP contribution in [0.5, 0.6) is 5.75 Å². The summed E-state index contributed by atoms with van der Waals surface area (Å²) in [5.41, 5.74) is 3.76. The van der Waals surface area contributed by atoms with Gasteiger partial charge in [-0.3, -0.25) is 4.79 Å². The molecule has 2 aromatic heterocycles. The number of pyridine rings is 1. The zero-order valence-corrected chi connectivity index (χ0v) is 22.5. The minimum absolute atomic E-state index is 0.0316. The summed E-state index contributed by atoms with van der Waals surface area (Å²) in [7, 11) is 0. The molecule has 2 aromatic carbocycles. The number of hydrogen-bond acceptors (Lipinski definition) is 7. The second-order valence-electron chi connectivity index (χ2n) is 8.48. The Labute approximate surface area is 241 Å².